The molecular formula is C19H17ClN2O4S. The molecule has 3 aromatic rings. The molecule has 140 valence electrons. The van der Waals surface area contributed by atoms with Crippen LogP contribution >= 0.6 is 11.6 Å². The Hall–Kier alpha value is -2.38. The number of carbonyl (C=O) groups excluding carboxylic acids is 1. The molecule has 27 heavy (non-hydrogen) atoms. The van der Waals surface area contributed by atoms with Crippen molar-refractivity contribution in [1.82, 2.24) is 4.98 Å². The van der Waals surface area contributed by atoms with Gasteiger partial charge in [0.05, 0.1) is 21.4 Å². The van der Waals surface area contributed by atoms with Crippen LogP contribution < -0.4 is 5.32 Å². The van der Waals surface area contributed by atoms with Crippen molar-refractivity contribution in [2.75, 3.05) is 11.1 Å². The number of sulfone groups is 1. The number of oxazole rings is 1. The SMILES string of the molecule is CCS(=O)(=O)c1ccc2oc(-c3ccc(Cl)c(NC(=O)C4CC4)c3)nc2c1. The Labute approximate surface area is 161 Å². The highest BCUT2D eigenvalue weighted by Gasteiger charge is 2.30. The normalized spacial score (nSPS) is 14.4. The molecule has 1 aliphatic rings. The van der Waals surface area contributed by atoms with Gasteiger partial charge in [-0.2, -0.15) is 0 Å². The predicted molar refractivity (Wildman–Crippen MR) is 104 cm³/mol. The molecule has 0 unspecified atom stereocenters. The van der Waals surface area contributed by atoms with Gasteiger partial charge in [0.1, 0.15) is 5.52 Å². The molecule has 1 amide bonds. The molecule has 0 atom stereocenters. The van der Waals surface area contributed by atoms with Gasteiger partial charge >= 0.3 is 0 Å². The van der Waals surface area contributed by atoms with Crippen LogP contribution in [0.2, 0.25) is 5.02 Å². The molecule has 1 N–H and O–H groups in total. The van der Waals surface area contributed by atoms with Crippen LogP contribution in [0.15, 0.2) is 45.7 Å². The van der Waals surface area contributed by atoms with Crippen molar-refractivity contribution >= 4 is 44.1 Å². The summed E-state index contributed by atoms with van der Waals surface area (Å²) in [4.78, 5) is 16.6. The summed E-state index contributed by atoms with van der Waals surface area (Å²) in [5, 5.41) is 3.26. The van der Waals surface area contributed by atoms with Gasteiger partial charge in [0.2, 0.25) is 11.8 Å². The van der Waals surface area contributed by atoms with Gasteiger partial charge in [-0.15, -0.1) is 0 Å². The number of amides is 1. The molecule has 0 aliphatic heterocycles. The van der Waals surface area contributed by atoms with Gasteiger partial charge in [0.25, 0.3) is 0 Å². The number of nitrogens with one attached hydrogen (secondary N) is 1. The molecule has 1 aromatic heterocycles. The van der Waals surface area contributed by atoms with E-state index >= 15 is 0 Å². The van der Waals surface area contributed by atoms with E-state index in [2.05, 4.69) is 10.3 Å². The average molecular weight is 405 g/mol. The maximum absolute atomic E-state index is 12.1. The summed E-state index contributed by atoms with van der Waals surface area (Å²) in [6, 6.07) is 9.73. The van der Waals surface area contributed by atoms with Gasteiger partial charge < -0.3 is 9.73 Å². The third-order valence-corrected chi connectivity index (χ3v) is 6.58. The molecule has 0 spiro atoms. The number of hydrogen-bond donors (Lipinski definition) is 1. The first-order valence-electron chi connectivity index (χ1n) is 8.61. The van der Waals surface area contributed by atoms with E-state index in [4.69, 9.17) is 16.0 Å². The van der Waals surface area contributed by atoms with Gasteiger partial charge in [0.15, 0.2) is 15.4 Å². The second kappa shape index (κ2) is 6.65. The number of anilines is 1. The number of nitrogens with zero attached hydrogens (tertiary/aromatic N) is 1. The summed E-state index contributed by atoms with van der Waals surface area (Å²) in [5.41, 5.74) is 2.08. The summed E-state index contributed by atoms with van der Waals surface area (Å²) >= 11 is 6.19. The molecule has 1 saturated carbocycles. The summed E-state index contributed by atoms with van der Waals surface area (Å²) in [5.74, 6) is 0.369. The molecule has 4 rings (SSSR count). The van der Waals surface area contributed by atoms with Crippen molar-refractivity contribution in [3.8, 4) is 11.5 Å². The molecular weight excluding hydrogens is 388 g/mol. The minimum Gasteiger partial charge on any atom is -0.436 e. The van der Waals surface area contributed by atoms with Crippen molar-refractivity contribution < 1.29 is 17.6 Å². The molecule has 6 nitrogen and oxygen atoms in total. The first-order valence-corrected chi connectivity index (χ1v) is 10.6. The third kappa shape index (κ3) is 3.57. The van der Waals surface area contributed by atoms with Crippen LogP contribution in [0.5, 0.6) is 0 Å². The van der Waals surface area contributed by atoms with Crippen LogP contribution in [0, 0.1) is 5.92 Å². The lowest BCUT2D eigenvalue weighted by atomic mass is 10.2. The zero-order valence-corrected chi connectivity index (χ0v) is 16.1. The number of halogens is 1. The van der Waals surface area contributed by atoms with E-state index in [1.165, 1.54) is 12.1 Å². The molecule has 8 heteroatoms. The maximum atomic E-state index is 12.1. The lowest BCUT2D eigenvalue weighted by Gasteiger charge is -2.07. The smallest absolute Gasteiger partial charge is 0.227 e. The second-order valence-electron chi connectivity index (χ2n) is 6.51. The minimum atomic E-state index is -3.32. The van der Waals surface area contributed by atoms with E-state index in [0.717, 1.165) is 12.8 Å². The highest BCUT2D eigenvalue weighted by atomic mass is 35.5. The van der Waals surface area contributed by atoms with E-state index < -0.39 is 9.84 Å². The molecule has 0 bridgehead atoms. The lowest BCUT2D eigenvalue weighted by Crippen LogP contribution is -2.13. The van der Waals surface area contributed by atoms with Crippen LogP contribution in [0.25, 0.3) is 22.6 Å². The number of aromatic nitrogens is 1. The van der Waals surface area contributed by atoms with Gasteiger partial charge in [-0.05, 0) is 49.2 Å². The fraction of sp³-hybridized carbons (Fsp3) is 0.263. The lowest BCUT2D eigenvalue weighted by molar-refractivity contribution is -0.117. The third-order valence-electron chi connectivity index (χ3n) is 4.52. The Morgan fingerprint density at radius 1 is 1.26 bits per heavy atom. The molecule has 1 heterocycles. The molecule has 2 aromatic carbocycles. The fourth-order valence-corrected chi connectivity index (χ4v) is 3.79. The van der Waals surface area contributed by atoms with Gasteiger partial charge in [0, 0.05) is 11.5 Å². The summed E-state index contributed by atoms with van der Waals surface area (Å²) in [6.45, 7) is 1.60. The van der Waals surface area contributed by atoms with Gasteiger partial charge in [-0.3, -0.25) is 4.79 Å². The summed E-state index contributed by atoms with van der Waals surface area (Å²) in [6.07, 6.45) is 1.80. The molecule has 1 fully saturated rings. The van der Waals surface area contributed by atoms with Crippen LogP contribution in [0.3, 0.4) is 0 Å². The number of benzene rings is 2. The standard InChI is InChI=1S/C19H17ClN2O4S/c1-2-27(24,25)13-6-8-17-16(10-13)22-19(26-17)12-5-7-14(20)15(9-12)21-18(23)11-3-4-11/h5-11H,2-4H2,1H3,(H,21,23). The Kier molecular flexibility index (Phi) is 4.44. The topological polar surface area (TPSA) is 89.3 Å². The number of hydrogen-bond acceptors (Lipinski definition) is 5. The Morgan fingerprint density at radius 3 is 2.74 bits per heavy atom. The van der Waals surface area contributed by atoms with Crippen LogP contribution in [-0.2, 0) is 14.6 Å². The van der Waals surface area contributed by atoms with E-state index in [1.54, 1.807) is 31.2 Å². The molecule has 1 aliphatic carbocycles. The summed E-state index contributed by atoms with van der Waals surface area (Å²) < 4.78 is 29.9. The first kappa shape index (κ1) is 18.0. The Balaban J connectivity index is 1.70. The van der Waals surface area contributed by atoms with Crippen molar-refractivity contribution in [2.24, 2.45) is 5.92 Å². The van der Waals surface area contributed by atoms with E-state index in [-0.39, 0.29) is 22.5 Å². The van der Waals surface area contributed by atoms with Crippen molar-refractivity contribution in [1.29, 1.82) is 0 Å². The van der Waals surface area contributed by atoms with E-state index in [0.29, 0.717) is 33.3 Å². The fourth-order valence-electron chi connectivity index (χ4n) is 2.73. The number of fused-ring (bicyclic) bond motifs is 1. The summed E-state index contributed by atoms with van der Waals surface area (Å²) in [7, 11) is -3.32. The van der Waals surface area contributed by atoms with Crippen LogP contribution in [0.4, 0.5) is 5.69 Å². The minimum absolute atomic E-state index is 0.0183. The largest absolute Gasteiger partial charge is 0.436 e. The van der Waals surface area contributed by atoms with Crippen molar-refractivity contribution in [3.63, 3.8) is 0 Å². The first-order chi connectivity index (χ1) is 12.9. The Bertz CT molecular complexity index is 1150. The molecule has 0 saturated heterocycles. The van der Waals surface area contributed by atoms with Crippen LogP contribution in [0.1, 0.15) is 19.8 Å². The predicted octanol–water partition coefficient (Wildman–Crippen LogP) is 4.29. The van der Waals surface area contributed by atoms with E-state index in [1.807, 2.05) is 0 Å². The van der Waals surface area contributed by atoms with Gasteiger partial charge in [-0.25, -0.2) is 13.4 Å². The zero-order valence-electron chi connectivity index (χ0n) is 14.5. The van der Waals surface area contributed by atoms with Crippen LogP contribution in [-0.4, -0.2) is 25.1 Å². The monoisotopic (exact) mass is 404 g/mol. The van der Waals surface area contributed by atoms with Crippen molar-refractivity contribution in [2.45, 2.75) is 24.7 Å². The maximum Gasteiger partial charge on any atom is 0.227 e. The highest BCUT2D eigenvalue weighted by Crippen LogP contribution is 2.34. The zero-order chi connectivity index (χ0) is 19.2. The van der Waals surface area contributed by atoms with Crippen molar-refractivity contribution in [3.05, 3.63) is 41.4 Å². The number of carbonyl (C=O) groups is 1. The highest BCUT2D eigenvalue weighted by molar-refractivity contribution is 7.91. The van der Waals surface area contributed by atoms with Gasteiger partial charge in [-0.1, -0.05) is 18.5 Å². The molecule has 0 radical (unpaired) electrons. The number of rotatable bonds is 5. The quantitative estimate of drug-likeness (QED) is 0.685. The Morgan fingerprint density at radius 2 is 2.04 bits per heavy atom. The second-order valence-corrected chi connectivity index (χ2v) is 9.20. The average Bonchev–Trinajstić information content (AvgIpc) is 3.42. The van der Waals surface area contributed by atoms with E-state index in [9.17, 15) is 13.2 Å².